The summed E-state index contributed by atoms with van der Waals surface area (Å²) in [6, 6.07) is 0. The Labute approximate surface area is 73.1 Å². The molecule has 0 aromatic heterocycles. The third-order valence-electron chi connectivity index (χ3n) is 0. The van der Waals surface area contributed by atoms with E-state index in [2.05, 4.69) is 0 Å². The average molecular weight is 218 g/mol. The van der Waals surface area contributed by atoms with Gasteiger partial charge in [0.15, 0.2) is 0 Å². The van der Waals surface area contributed by atoms with Crippen LogP contribution in [0.5, 0.6) is 0 Å². The van der Waals surface area contributed by atoms with Crippen LogP contribution in [-0.2, 0) is 19.8 Å². The van der Waals surface area contributed by atoms with E-state index in [-0.39, 0.29) is 54.5 Å². The third-order valence-corrected chi connectivity index (χ3v) is 0. The maximum absolute atomic E-state index is 8.06. The summed E-state index contributed by atoms with van der Waals surface area (Å²) in [6.07, 6.45) is 0. The molecule has 0 saturated carbocycles. The van der Waals surface area contributed by atoms with Gasteiger partial charge in [0, 0.05) is 35.6 Å². The summed E-state index contributed by atoms with van der Waals surface area (Å²) in [5.74, 6) is 0. The SMILES string of the molecule is [La].[LiH].[O]=[Mn]. The molecule has 0 aromatic rings. The molecule has 0 rings (SSSR count). The molecule has 0 aromatic carbocycles. The molecule has 0 heterocycles. The van der Waals surface area contributed by atoms with E-state index >= 15 is 0 Å². The molecule has 4 heteroatoms. The fourth-order valence-electron chi connectivity index (χ4n) is 0. The van der Waals surface area contributed by atoms with Crippen molar-refractivity contribution in [1.29, 1.82) is 0 Å². The number of hydrogen-bond donors (Lipinski definition) is 0. The normalized spacial score (nSPS) is 1.00. The van der Waals surface area contributed by atoms with E-state index in [1.165, 1.54) is 0 Å². The second-order valence-corrected chi connectivity index (χ2v) is 0. The van der Waals surface area contributed by atoms with Gasteiger partial charge >= 0.3 is 38.6 Å². The van der Waals surface area contributed by atoms with Crippen molar-refractivity contribution < 1.29 is 55.4 Å². The van der Waals surface area contributed by atoms with Gasteiger partial charge in [0.25, 0.3) is 0 Å². The minimum atomic E-state index is 0. The Morgan fingerprint density at radius 2 is 1.25 bits per heavy atom. The predicted octanol–water partition coefficient (Wildman–Crippen LogP) is -0.770. The Balaban J connectivity index is -0.00000000500. The molecular formula is HLaLiMnO. The Morgan fingerprint density at radius 3 is 1.25 bits per heavy atom. The van der Waals surface area contributed by atoms with Crippen LogP contribution in [0.1, 0.15) is 0 Å². The second kappa shape index (κ2) is 19.4. The van der Waals surface area contributed by atoms with Gasteiger partial charge < -0.3 is 0 Å². The van der Waals surface area contributed by atoms with Crippen molar-refractivity contribution in [3.63, 3.8) is 0 Å². The molecule has 0 aliphatic rings. The molecule has 0 aliphatic carbocycles. The van der Waals surface area contributed by atoms with E-state index in [0.717, 1.165) is 0 Å². The Hall–Kier alpha value is 2.11. The van der Waals surface area contributed by atoms with E-state index in [1.54, 1.807) is 15.9 Å². The van der Waals surface area contributed by atoms with Gasteiger partial charge in [0.2, 0.25) is 0 Å². The van der Waals surface area contributed by atoms with Gasteiger partial charge in [-0.25, -0.2) is 0 Å². The molecule has 0 unspecified atom stereocenters. The van der Waals surface area contributed by atoms with Crippen molar-refractivity contribution in [1.82, 2.24) is 0 Å². The van der Waals surface area contributed by atoms with Crippen LogP contribution in [0.15, 0.2) is 0 Å². The monoisotopic (exact) mass is 218 g/mol. The van der Waals surface area contributed by atoms with E-state index in [4.69, 9.17) is 3.83 Å². The van der Waals surface area contributed by atoms with Crippen molar-refractivity contribution in [3.8, 4) is 0 Å². The third kappa shape index (κ3) is 8.93. The molecule has 18 valence electrons. The fourth-order valence-corrected chi connectivity index (χ4v) is 0. The predicted molar refractivity (Wildman–Crippen MR) is 7.84 cm³/mol. The van der Waals surface area contributed by atoms with Crippen molar-refractivity contribution in [2.75, 3.05) is 0 Å². The van der Waals surface area contributed by atoms with E-state index < -0.39 is 0 Å². The molecule has 0 fully saturated rings. The zero-order valence-corrected chi connectivity index (χ0v) is 6.17. The maximum atomic E-state index is 8.06. The van der Waals surface area contributed by atoms with Crippen LogP contribution >= 0.6 is 0 Å². The van der Waals surface area contributed by atoms with E-state index in [0.29, 0.717) is 0 Å². The molecule has 0 bridgehead atoms. The first-order valence-electron chi connectivity index (χ1n) is 0.154. The first-order chi connectivity index (χ1) is 1.00. The first-order valence-corrected chi connectivity index (χ1v) is 0.636. The molecule has 0 N–H and O–H groups in total. The topological polar surface area (TPSA) is 17.1 Å². The van der Waals surface area contributed by atoms with Crippen molar-refractivity contribution >= 4 is 18.9 Å². The van der Waals surface area contributed by atoms with Gasteiger partial charge in [-0.2, -0.15) is 0 Å². The molecule has 1 radical (unpaired) electrons. The molecule has 0 saturated heterocycles. The Morgan fingerprint density at radius 1 is 1.25 bits per heavy atom. The summed E-state index contributed by atoms with van der Waals surface area (Å²) in [5, 5.41) is 0. The molecule has 0 amide bonds. The van der Waals surface area contributed by atoms with Gasteiger partial charge in [-0.3, -0.25) is 0 Å². The summed E-state index contributed by atoms with van der Waals surface area (Å²) in [6.45, 7) is 0. The summed E-state index contributed by atoms with van der Waals surface area (Å²) in [7, 11) is 0. The number of rotatable bonds is 0. The summed E-state index contributed by atoms with van der Waals surface area (Å²) >= 11 is 1.69. The van der Waals surface area contributed by atoms with Gasteiger partial charge in [-0.1, -0.05) is 0 Å². The van der Waals surface area contributed by atoms with Crippen molar-refractivity contribution in [2.45, 2.75) is 0 Å². The van der Waals surface area contributed by atoms with Crippen LogP contribution in [0.25, 0.3) is 0 Å². The van der Waals surface area contributed by atoms with Crippen LogP contribution in [0, 0.1) is 35.6 Å². The molecule has 0 spiro atoms. The van der Waals surface area contributed by atoms with Crippen molar-refractivity contribution in [3.05, 3.63) is 0 Å². The zero-order valence-electron chi connectivity index (χ0n) is 1.36. The Kier molecular flexibility index (Phi) is 79.9. The zero-order chi connectivity index (χ0) is 2.00. The molecule has 1 nitrogen and oxygen atoms in total. The molecule has 0 atom stereocenters. The molecular weight excluding hydrogens is 217 g/mol. The van der Waals surface area contributed by atoms with Crippen LogP contribution in [0.2, 0.25) is 0 Å². The average Bonchev–Trinajstić information content (AvgIpc) is 1.00. The standard InChI is InChI=1S/La.Li.Mn.O.H. The summed E-state index contributed by atoms with van der Waals surface area (Å²) in [4.78, 5) is 0. The van der Waals surface area contributed by atoms with E-state index in [1.807, 2.05) is 0 Å². The first kappa shape index (κ1) is 16.5. The van der Waals surface area contributed by atoms with Gasteiger partial charge in [-0.05, 0) is 0 Å². The van der Waals surface area contributed by atoms with Gasteiger partial charge in [0.1, 0.15) is 0 Å². The minimum absolute atomic E-state index is 0. The van der Waals surface area contributed by atoms with Crippen molar-refractivity contribution in [2.24, 2.45) is 0 Å². The van der Waals surface area contributed by atoms with E-state index in [9.17, 15) is 0 Å². The fraction of sp³-hybridized carbons (Fsp3) is 0. The molecule has 0 aliphatic heterocycles. The van der Waals surface area contributed by atoms with Gasteiger partial charge in [0.05, 0.1) is 0 Å². The second-order valence-electron chi connectivity index (χ2n) is 0. The number of hydrogen-bond acceptors (Lipinski definition) is 1. The van der Waals surface area contributed by atoms with Gasteiger partial charge in [-0.15, -0.1) is 0 Å². The summed E-state index contributed by atoms with van der Waals surface area (Å²) < 4.78 is 8.06. The summed E-state index contributed by atoms with van der Waals surface area (Å²) in [5.41, 5.74) is 0. The van der Waals surface area contributed by atoms with Crippen LogP contribution in [-0.4, -0.2) is 18.9 Å². The molecule has 4 heavy (non-hydrogen) atoms. The van der Waals surface area contributed by atoms with Crippen LogP contribution in [0.3, 0.4) is 0 Å². The quantitative estimate of drug-likeness (QED) is 0.488. The Bertz CT molecular complexity index is 8.00. The van der Waals surface area contributed by atoms with Crippen LogP contribution in [0.4, 0.5) is 0 Å². The van der Waals surface area contributed by atoms with Crippen LogP contribution < -0.4 is 0 Å².